The molecule has 0 aromatic heterocycles. The van der Waals surface area contributed by atoms with E-state index in [-0.39, 0.29) is 17.8 Å². The second-order valence-corrected chi connectivity index (χ2v) is 8.20. The summed E-state index contributed by atoms with van der Waals surface area (Å²) in [6, 6.07) is -4.11. The first-order valence-corrected chi connectivity index (χ1v) is 11.1. The molecule has 13 heteroatoms. The van der Waals surface area contributed by atoms with Gasteiger partial charge in [0.05, 0.1) is 12.6 Å². The zero-order chi connectivity index (χ0) is 25.1. The molecule has 5 unspecified atom stereocenters. The van der Waals surface area contributed by atoms with Gasteiger partial charge in [-0.25, -0.2) is 4.79 Å². The van der Waals surface area contributed by atoms with Crippen LogP contribution in [0, 0.1) is 5.92 Å². The molecular weight excluding hydrogens is 434 g/mol. The summed E-state index contributed by atoms with van der Waals surface area (Å²) in [5, 5.41) is 23.1. The molecule has 10 N–H and O–H groups in total. The molecule has 0 aromatic rings. The SMILES string of the molecule is CCC(C)C(NC(=O)C1CCCN1C(=O)C(N)CCCN=C(N)N)C(=O)NC(CO)C(=O)O. The lowest BCUT2D eigenvalue weighted by Gasteiger charge is -2.30. The fourth-order valence-corrected chi connectivity index (χ4v) is 3.56. The quantitative estimate of drug-likeness (QED) is 0.0850. The van der Waals surface area contributed by atoms with Crippen LogP contribution in [0.25, 0.3) is 0 Å². The van der Waals surface area contributed by atoms with Gasteiger partial charge < -0.3 is 42.9 Å². The fraction of sp³-hybridized carbons (Fsp3) is 0.750. The molecule has 0 bridgehead atoms. The van der Waals surface area contributed by atoms with Gasteiger partial charge in [-0.3, -0.25) is 19.4 Å². The second-order valence-electron chi connectivity index (χ2n) is 8.20. The summed E-state index contributed by atoms with van der Waals surface area (Å²) in [6.07, 6.45) is 2.40. The number of carbonyl (C=O) groups excluding carboxylic acids is 3. The molecule has 5 atom stereocenters. The number of rotatable bonds is 13. The van der Waals surface area contributed by atoms with Gasteiger partial charge in [0.25, 0.3) is 0 Å². The number of guanidine groups is 1. The van der Waals surface area contributed by atoms with Gasteiger partial charge in [-0.05, 0) is 31.6 Å². The monoisotopic (exact) mass is 471 g/mol. The molecule has 1 aliphatic rings. The smallest absolute Gasteiger partial charge is 0.328 e. The maximum atomic E-state index is 13.0. The first-order valence-electron chi connectivity index (χ1n) is 11.1. The van der Waals surface area contributed by atoms with Crippen molar-refractivity contribution in [2.24, 2.45) is 28.1 Å². The van der Waals surface area contributed by atoms with Crippen molar-refractivity contribution >= 4 is 29.7 Å². The first-order chi connectivity index (χ1) is 15.5. The zero-order valence-corrected chi connectivity index (χ0v) is 19.2. The summed E-state index contributed by atoms with van der Waals surface area (Å²) < 4.78 is 0. The molecule has 1 aliphatic heterocycles. The Morgan fingerprint density at radius 3 is 2.42 bits per heavy atom. The number of aliphatic hydroxyl groups is 1. The maximum absolute atomic E-state index is 13.0. The number of aliphatic hydroxyl groups excluding tert-OH is 1. The average molecular weight is 472 g/mol. The number of carboxylic acids is 1. The van der Waals surface area contributed by atoms with E-state index in [1.807, 2.05) is 6.92 Å². The lowest BCUT2D eigenvalue weighted by Crippen LogP contribution is -2.58. The summed E-state index contributed by atoms with van der Waals surface area (Å²) in [7, 11) is 0. The number of nitrogens with one attached hydrogen (secondary N) is 2. The van der Waals surface area contributed by atoms with Gasteiger partial charge in [0.15, 0.2) is 5.96 Å². The predicted octanol–water partition coefficient (Wildman–Crippen LogP) is -2.55. The molecule has 188 valence electrons. The number of carbonyl (C=O) groups is 4. The molecule has 0 saturated carbocycles. The van der Waals surface area contributed by atoms with Gasteiger partial charge in [-0.2, -0.15) is 0 Å². The molecule has 1 saturated heterocycles. The van der Waals surface area contributed by atoms with Crippen molar-refractivity contribution in [1.82, 2.24) is 15.5 Å². The van der Waals surface area contributed by atoms with Crippen LogP contribution in [0.2, 0.25) is 0 Å². The molecule has 1 heterocycles. The zero-order valence-electron chi connectivity index (χ0n) is 19.2. The molecule has 33 heavy (non-hydrogen) atoms. The summed E-state index contributed by atoms with van der Waals surface area (Å²) >= 11 is 0. The molecule has 1 rings (SSSR count). The van der Waals surface area contributed by atoms with E-state index in [2.05, 4.69) is 15.6 Å². The third kappa shape index (κ3) is 8.50. The van der Waals surface area contributed by atoms with E-state index in [0.717, 1.165) is 0 Å². The molecule has 0 radical (unpaired) electrons. The third-order valence-corrected chi connectivity index (χ3v) is 5.71. The van der Waals surface area contributed by atoms with Crippen LogP contribution in [0.3, 0.4) is 0 Å². The molecular formula is C20H37N7O6. The van der Waals surface area contributed by atoms with Crippen LogP contribution in [-0.4, -0.2) is 88.6 Å². The summed E-state index contributed by atoms with van der Waals surface area (Å²) in [4.78, 5) is 54.9. The number of amides is 3. The average Bonchev–Trinajstić information content (AvgIpc) is 3.26. The standard InChI is InChI=1S/C20H37N7O6/c1-3-11(2)15(17(30)25-13(10-28)19(32)33)26-16(29)14-7-5-9-27(14)18(31)12(21)6-4-8-24-20(22)23/h11-15,28H,3-10,21H2,1-2H3,(H,25,30)(H,26,29)(H,32,33)(H4,22,23,24). The highest BCUT2D eigenvalue weighted by Crippen LogP contribution is 2.20. The number of carboxylic acid groups (broad SMARTS) is 1. The number of likely N-dealkylation sites (tertiary alicyclic amines) is 1. The van der Waals surface area contributed by atoms with Crippen molar-refractivity contribution in [1.29, 1.82) is 0 Å². The Balaban J connectivity index is 2.83. The Morgan fingerprint density at radius 1 is 1.21 bits per heavy atom. The maximum Gasteiger partial charge on any atom is 0.328 e. The Bertz CT molecular complexity index is 728. The minimum absolute atomic E-state index is 0.0419. The Hall–Kier alpha value is -2.93. The summed E-state index contributed by atoms with van der Waals surface area (Å²) in [5.74, 6) is -3.34. The summed E-state index contributed by atoms with van der Waals surface area (Å²) in [5.41, 5.74) is 16.6. The van der Waals surface area contributed by atoms with Crippen LogP contribution in [0.15, 0.2) is 4.99 Å². The van der Waals surface area contributed by atoms with E-state index in [4.69, 9.17) is 22.3 Å². The van der Waals surface area contributed by atoms with E-state index < -0.39 is 48.6 Å². The predicted molar refractivity (Wildman–Crippen MR) is 121 cm³/mol. The summed E-state index contributed by atoms with van der Waals surface area (Å²) in [6.45, 7) is 3.48. The second kappa shape index (κ2) is 13.6. The van der Waals surface area contributed by atoms with E-state index in [1.165, 1.54) is 4.90 Å². The van der Waals surface area contributed by atoms with Crippen LogP contribution in [0.1, 0.15) is 46.0 Å². The number of aliphatic carboxylic acids is 1. The molecule has 0 spiro atoms. The largest absolute Gasteiger partial charge is 0.480 e. The Labute approximate surface area is 193 Å². The van der Waals surface area contributed by atoms with E-state index in [1.54, 1.807) is 6.92 Å². The first kappa shape index (κ1) is 28.1. The van der Waals surface area contributed by atoms with Crippen LogP contribution in [0.4, 0.5) is 0 Å². The van der Waals surface area contributed by atoms with Crippen LogP contribution in [-0.2, 0) is 19.2 Å². The van der Waals surface area contributed by atoms with Gasteiger partial charge in [-0.15, -0.1) is 0 Å². The molecule has 1 fully saturated rings. The van der Waals surface area contributed by atoms with Gasteiger partial charge in [0.1, 0.15) is 18.1 Å². The van der Waals surface area contributed by atoms with Crippen molar-refractivity contribution in [3.05, 3.63) is 0 Å². The van der Waals surface area contributed by atoms with Crippen molar-refractivity contribution < 1.29 is 29.4 Å². The van der Waals surface area contributed by atoms with Gasteiger partial charge in [0, 0.05) is 13.1 Å². The number of aliphatic imine (C=N–C) groups is 1. The molecule has 0 aromatic carbocycles. The van der Waals surface area contributed by atoms with Gasteiger partial charge in [0.2, 0.25) is 17.7 Å². The Morgan fingerprint density at radius 2 is 1.88 bits per heavy atom. The van der Waals surface area contributed by atoms with Crippen molar-refractivity contribution in [3.8, 4) is 0 Å². The topological polar surface area (TPSA) is 226 Å². The molecule has 13 nitrogen and oxygen atoms in total. The van der Waals surface area contributed by atoms with Crippen LogP contribution < -0.4 is 27.8 Å². The highest BCUT2D eigenvalue weighted by Gasteiger charge is 2.38. The van der Waals surface area contributed by atoms with Gasteiger partial charge >= 0.3 is 5.97 Å². The van der Waals surface area contributed by atoms with Gasteiger partial charge in [-0.1, -0.05) is 20.3 Å². The molecule has 3 amide bonds. The van der Waals surface area contributed by atoms with E-state index in [9.17, 15) is 24.3 Å². The van der Waals surface area contributed by atoms with Crippen molar-refractivity contribution in [2.45, 2.75) is 70.1 Å². The van der Waals surface area contributed by atoms with Crippen LogP contribution >= 0.6 is 0 Å². The lowest BCUT2D eigenvalue weighted by atomic mass is 9.97. The fourth-order valence-electron chi connectivity index (χ4n) is 3.56. The third-order valence-electron chi connectivity index (χ3n) is 5.71. The van der Waals surface area contributed by atoms with Crippen molar-refractivity contribution in [2.75, 3.05) is 19.7 Å². The van der Waals surface area contributed by atoms with E-state index >= 15 is 0 Å². The highest BCUT2D eigenvalue weighted by atomic mass is 16.4. The minimum Gasteiger partial charge on any atom is -0.480 e. The van der Waals surface area contributed by atoms with Crippen LogP contribution in [0.5, 0.6) is 0 Å². The Kier molecular flexibility index (Phi) is 11.6. The number of hydrogen-bond donors (Lipinski definition) is 7. The van der Waals surface area contributed by atoms with E-state index in [0.29, 0.717) is 45.2 Å². The number of nitrogens with two attached hydrogens (primary N) is 3. The number of hydrogen-bond acceptors (Lipinski definition) is 7. The molecule has 0 aliphatic carbocycles. The minimum atomic E-state index is -1.48. The number of nitrogens with zero attached hydrogens (tertiary/aromatic N) is 2. The van der Waals surface area contributed by atoms with Crippen molar-refractivity contribution in [3.63, 3.8) is 0 Å². The highest BCUT2D eigenvalue weighted by molar-refractivity contribution is 5.94. The normalized spacial score (nSPS) is 19.2. The lowest BCUT2D eigenvalue weighted by molar-refractivity contribution is -0.144.